The summed E-state index contributed by atoms with van der Waals surface area (Å²) < 4.78 is 11.5. The van der Waals surface area contributed by atoms with Crippen LogP contribution in [-0.2, 0) is 11.2 Å². The molecule has 2 heterocycles. The second-order valence-electron chi connectivity index (χ2n) is 8.21. The number of hydrogen-bond donors (Lipinski definition) is 1. The first-order chi connectivity index (χ1) is 16.9. The first kappa shape index (κ1) is 23.1. The molecule has 5 rings (SSSR count). The predicted molar refractivity (Wildman–Crippen MR) is 133 cm³/mol. The van der Waals surface area contributed by atoms with Crippen molar-refractivity contribution in [3.8, 4) is 17.2 Å². The molecule has 0 saturated carbocycles. The topological polar surface area (TPSA) is 85.7 Å². The number of aliphatic carboxylic acids is 1. The highest BCUT2D eigenvalue weighted by atomic mass is 35.5. The van der Waals surface area contributed by atoms with Crippen molar-refractivity contribution in [3.05, 3.63) is 93.6 Å². The van der Waals surface area contributed by atoms with E-state index in [4.69, 9.17) is 32.7 Å². The molecule has 6 nitrogen and oxygen atoms in total. The molecule has 4 aromatic rings. The van der Waals surface area contributed by atoms with Crippen molar-refractivity contribution >= 4 is 45.9 Å². The normalized spacial score (nSPS) is 14.7. The fourth-order valence-electron chi connectivity index (χ4n) is 4.06. The molecule has 0 fully saturated rings. The summed E-state index contributed by atoms with van der Waals surface area (Å²) in [6.07, 6.45) is 0.551. The second-order valence-corrected chi connectivity index (χ2v) is 9.06. The van der Waals surface area contributed by atoms with Gasteiger partial charge >= 0.3 is 5.97 Å². The monoisotopic (exact) mass is 507 g/mol. The minimum absolute atomic E-state index is 0.0720. The number of rotatable bonds is 6. The van der Waals surface area contributed by atoms with Crippen molar-refractivity contribution < 1.29 is 24.2 Å². The lowest BCUT2D eigenvalue weighted by Gasteiger charge is -2.24. The van der Waals surface area contributed by atoms with E-state index >= 15 is 0 Å². The number of fused-ring (bicyclic) bond motifs is 2. The Hall–Kier alpha value is -3.61. The van der Waals surface area contributed by atoms with Gasteiger partial charge in [-0.25, -0.2) is 0 Å². The zero-order chi connectivity index (χ0) is 24.5. The number of Topliss-reactive ketones (excluding diaryl/α,β-unsaturated/α-hetero) is 1. The second kappa shape index (κ2) is 9.56. The molecule has 1 aliphatic heterocycles. The summed E-state index contributed by atoms with van der Waals surface area (Å²) in [5, 5.41) is 11.3. The molecule has 3 aromatic carbocycles. The van der Waals surface area contributed by atoms with E-state index in [1.54, 1.807) is 42.5 Å². The van der Waals surface area contributed by atoms with Crippen LogP contribution in [0.2, 0.25) is 10.0 Å². The largest absolute Gasteiger partial charge is 0.493 e. The summed E-state index contributed by atoms with van der Waals surface area (Å²) in [4.78, 5) is 28.8. The van der Waals surface area contributed by atoms with Crippen molar-refractivity contribution in [3.63, 3.8) is 0 Å². The third-order valence-electron chi connectivity index (χ3n) is 5.86. The number of ketones is 1. The maximum atomic E-state index is 12.8. The number of carbonyl (C=O) groups excluding carboxylic acids is 1. The zero-order valence-corrected chi connectivity index (χ0v) is 19.8. The third-order valence-corrected chi connectivity index (χ3v) is 6.39. The fraction of sp³-hybridized carbons (Fsp3) is 0.148. The summed E-state index contributed by atoms with van der Waals surface area (Å²) in [5.74, 6) is -0.378. The molecule has 0 unspecified atom stereocenters. The van der Waals surface area contributed by atoms with Gasteiger partial charge in [0.1, 0.15) is 17.2 Å². The van der Waals surface area contributed by atoms with Crippen LogP contribution in [0.5, 0.6) is 17.2 Å². The average Bonchev–Trinajstić information content (AvgIpc) is 2.84. The predicted octanol–water partition coefficient (Wildman–Crippen LogP) is 6.71. The quantitative estimate of drug-likeness (QED) is 0.292. The maximum Gasteiger partial charge on any atom is 0.311 e. The molecule has 0 bridgehead atoms. The van der Waals surface area contributed by atoms with E-state index in [1.165, 1.54) is 0 Å². The van der Waals surface area contributed by atoms with Crippen LogP contribution in [0.15, 0.2) is 66.7 Å². The Labute approximate surface area is 211 Å². The van der Waals surface area contributed by atoms with E-state index in [9.17, 15) is 14.7 Å². The number of hydrogen-bond acceptors (Lipinski definition) is 5. The van der Waals surface area contributed by atoms with E-state index in [0.717, 1.165) is 10.9 Å². The molecule has 0 saturated heterocycles. The molecule has 0 radical (unpaired) electrons. The van der Waals surface area contributed by atoms with Crippen LogP contribution < -0.4 is 9.47 Å². The summed E-state index contributed by atoms with van der Waals surface area (Å²) in [6, 6.07) is 19.1. The molecule has 1 aromatic heterocycles. The highest BCUT2D eigenvalue weighted by Gasteiger charge is 2.29. The fourth-order valence-corrected chi connectivity index (χ4v) is 4.46. The third kappa shape index (κ3) is 4.94. The van der Waals surface area contributed by atoms with Crippen molar-refractivity contribution in [1.29, 1.82) is 0 Å². The number of halogens is 2. The lowest BCUT2D eigenvalue weighted by atomic mass is 9.93. The Kier molecular flexibility index (Phi) is 6.32. The Morgan fingerprint density at radius 3 is 2.60 bits per heavy atom. The van der Waals surface area contributed by atoms with Gasteiger partial charge in [0.25, 0.3) is 0 Å². The van der Waals surface area contributed by atoms with Gasteiger partial charge in [0, 0.05) is 33.3 Å². The molecule has 176 valence electrons. The molecular weight excluding hydrogens is 489 g/mol. The summed E-state index contributed by atoms with van der Waals surface area (Å²) in [7, 11) is 0. The average molecular weight is 508 g/mol. The van der Waals surface area contributed by atoms with Gasteiger partial charge in [-0.2, -0.15) is 0 Å². The molecule has 1 aliphatic rings. The molecule has 1 atom stereocenters. The summed E-state index contributed by atoms with van der Waals surface area (Å²) >= 11 is 12.4. The minimum Gasteiger partial charge on any atom is -0.493 e. The number of carboxylic acid groups (broad SMARTS) is 1. The molecule has 35 heavy (non-hydrogen) atoms. The van der Waals surface area contributed by atoms with Gasteiger partial charge in [-0.3, -0.25) is 14.6 Å². The molecule has 1 N–H and O–H groups in total. The number of ether oxygens (including phenoxy) is 2. The Balaban J connectivity index is 1.30. The number of carboxylic acids is 1. The molecule has 8 heteroatoms. The highest BCUT2D eigenvalue weighted by Crippen LogP contribution is 2.41. The van der Waals surface area contributed by atoms with Crippen LogP contribution in [-0.4, -0.2) is 28.4 Å². The zero-order valence-electron chi connectivity index (χ0n) is 18.3. The smallest absolute Gasteiger partial charge is 0.311 e. The lowest BCUT2D eigenvalue weighted by Crippen LogP contribution is -2.20. The van der Waals surface area contributed by atoms with Gasteiger partial charge in [-0.05, 0) is 61.0 Å². The van der Waals surface area contributed by atoms with Crippen LogP contribution in [0.4, 0.5) is 0 Å². The van der Waals surface area contributed by atoms with Gasteiger partial charge < -0.3 is 14.6 Å². The molecule has 0 spiro atoms. The van der Waals surface area contributed by atoms with Crippen LogP contribution in [0.1, 0.15) is 34.0 Å². The summed E-state index contributed by atoms with van der Waals surface area (Å²) in [6.45, 7) is 0.307. The standard InChI is InChI=1S/C27H19Cl2NO5/c28-17-4-8-23-16(11-17)1-5-18(30-23)12-24(31)15-2-6-19(7-3-15)35-26-14-25-21(13-22(26)29)20(27(32)33)9-10-34-25/h1-8,11,13-14,20H,9-10,12H2,(H,32,33)/t20-/m1/s1. The molecule has 0 amide bonds. The van der Waals surface area contributed by atoms with Crippen molar-refractivity contribution in [2.24, 2.45) is 0 Å². The number of benzene rings is 3. The Morgan fingerprint density at radius 2 is 1.83 bits per heavy atom. The van der Waals surface area contributed by atoms with Crippen LogP contribution in [0, 0.1) is 0 Å². The van der Waals surface area contributed by atoms with Gasteiger partial charge in [-0.15, -0.1) is 0 Å². The first-order valence-corrected chi connectivity index (χ1v) is 11.7. The highest BCUT2D eigenvalue weighted by molar-refractivity contribution is 6.32. The van der Waals surface area contributed by atoms with Gasteiger partial charge in [-0.1, -0.05) is 29.3 Å². The number of carbonyl (C=O) groups is 2. The van der Waals surface area contributed by atoms with E-state index in [0.29, 0.717) is 52.1 Å². The van der Waals surface area contributed by atoms with Crippen molar-refractivity contribution in [2.45, 2.75) is 18.8 Å². The van der Waals surface area contributed by atoms with E-state index in [-0.39, 0.29) is 17.2 Å². The number of pyridine rings is 1. The van der Waals surface area contributed by atoms with Crippen LogP contribution in [0.3, 0.4) is 0 Å². The lowest BCUT2D eigenvalue weighted by molar-refractivity contribution is -0.139. The first-order valence-electron chi connectivity index (χ1n) is 10.9. The van der Waals surface area contributed by atoms with Crippen LogP contribution in [0.25, 0.3) is 10.9 Å². The van der Waals surface area contributed by atoms with E-state index in [1.807, 2.05) is 24.3 Å². The van der Waals surface area contributed by atoms with E-state index < -0.39 is 11.9 Å². The van der Waals surface area contributed by atoms with Crippen LogP contribution >= 0.6 is 23.2 Å². The SMILES string of the molecule is O=C(Cc1ccc2cc(Cl)ccc2n1)c1ccc(Oc2cc3c(cc2Cl)[C@H](C(=O)O)CCO3)cc1. The Bertz CT molecular complexity index is 1450. The van der Waals surface area contributed by atoms with Gasteiger partial charge in [0.15, 0.2) is 5.78 Å². The maximum absolute atomic E-state index is 12.8. The Morgan fingerprint density at radius 1 is 1.03 bits per heavy atom. The minimum atomic E-state index is -0.914. The van der Waals surface area contributed by atoms with E-state index in [2.05, 4.69) is 4.98 Å². The number of aromatic nitrogens is 1. The van der Waals surface area contributed by atoms with Crippen molar-refractivity contribution in [1.82, 2.24) is 4.98 Å². The molecular formula is C27H19Cl2NO5. The number of nitrogens with zero attached hydrogens (tertiary/aromatic N) is 1. The summed E-state index contributed by atoms with van der Waals surface area (Å²) in [5.41, 5.74) is 2.52. The van der Waals surface area contributed by atoms with Gasteiger partial charge in [0.05, 0.1) is 29.5 Å². The molecule has 0 aliphatic carbocycles. The van der Waals surface area contributed by atoms with Crippen molar-refractivity contribution in [2.75, 3.05) is 6.61 Å². The van der Waals surface area contributed by atoms with Gasteiger partial charge in [0.2, 0.25) is 0 Å².